The number of sulfonamides is 1. The Hall–Kier alpha value is -2.91. The lowest BCUT2D eigenvalue weighted by atomic mass is 9.95. The van der Waals surface area contributed by atoms with Crippen molar-refractivity contribution in [2.75, 3.05) is 29.9 Å². The minimum absolute atomic E-state index is 0.0569. The van der Waals surface area contributed by atoms with E-state index in [9.17, 15) is 18.0 Å². The molecule has 0 unspecified atom stereocenters. The molecule has 2 aromatic rings. The van der Waals surface area contributed by atoms with Crippen LogP contribution in [0.25, 0.3) is 0 Å². The van der Waals surface area contributed by atoms with E-state index >= 15 is 0 Å². The van der Waals surface area contributed by atoms with E-state index in [0.717, 1.165) is 12.0 Å². The van der Waals surface area contributed by atoms with Gasteiger partial charge in [-0.15, -0.1) is 0 Å². The van der Waals surface area contributed by atoms with Crippen LogP contribution in [0.2, 0.25) is 0 Å². The van der Waals surface area contributed by atoms with Crippen molar-refractivity contribution in [3.63, 3.8) is 0 Å². The minimum atomic E-state index is -3.99. The molecule has 2 N–H and O–H groups in total. The van der Waals surface area contributed by atoms with Crippen molar-refractivity contribution in [2.24, 2.45) is 11.3 Å². The lowest BCUT2D eigenvalue weighted by molar-refractivity contribution is -0.148. The molecule has 0 spiro atoms. The van der Waals surface area contributed by atoms with E-state index in [1.807, 2.05) is 35.2 Å². The molecule has 0 aromatic heterocycles. The number of ether oxygens (including phenoxy) is 1. The Kier molecular flexibility index (Phi) is 8.79. The topological polar surface area (TPSA) is 105 Å². The Morgan fingerprint density at radius 3 is 2.47 bits per heavy atom. The summed E-state index contributed by atoms with van der Waals surface area (Å²) in [6.07, 6.45) is 1.43. The molecule has 196 valence electrons. The van der Waals surface area contributed by atoms with Crippen LogP contribution in [-0.4, -0.2) is 40.0 Å². The first-order valence-corrected chi connectivity index (χ1v) is 13.8. The second kappa shape index (κ2) is 11.4. The summed E-state index contributed by atoms with van der Waals surface area (Å²) in [5, 5.41) is 2.83. The number of amides is 1. The molecule has 8 nitrogen and oxygen atoms in total. The lowest BCUT2D eigenvalue weighted by Crippen LogP contribution is -2.40. The first-order chi connectivity index (χ1) is 16.9. The summed E-state index contributed by atoms with van der Waals surface area (Å²) in [4.78, 5) is 27.0. The first kappa shape index (κ1) is 27.7. The van der Waals surface area contributed by atoms with Gasteiger partial charge in [-0.3, -0.25) is 9.59 Å². The smallest absolute Gasteiger partial charge is 0.310 e. The summed E-state index contributed by atoms with van der Waals surface area (Å²) in [5.74, 6) is -0.813. The Balaban J connectivity index is 1.98. The summed E-state index contributed by atoms with van der Waals surface area (Å²) in [6.45, 7) is 10.2. The summed E-state index contributed by atoms with van der Waals surface area (Å²) in [6, 6.07) is 13.7. The Morgan fingerprint density at radius 1 is 1.14 bits per heavy atom. The van der Waals surface area contributed by atoms with Gasteiger partial charge in [0.1, 0.15) is 4.90 Å². The number of esters is 1. The van der Waals surface area contributed by atoms with Gasteiger partial charge < -0.3 is 15.0 Å². The third-order valence-electron chi connectivity index (χ3n) is 6.20. The van der Waals surface area contributed by atoms with Crippen LogP contribution in [0.1, 0.15) is 59.1 Å². The highest BCUT2D eigenvalue weighted by Gasteiger charge is 2.31. The quantitative estimate of drug-likeness (QED) is 0.502. The second-order valence-electron chi connectivity index (χ2n) is 10.2. The van der Waals surface area contributed by atoms with E-state index in [4.69, 9.17) is 4.74 Å². The number of benzene rings is 2. The monoisotopic (exact) mass is 515 g/mol. The standard InChI is InChI=1S/C27H37N3O5S/c1-6-35-25(31)21-13-10-16-30(18-21)23-15-14-22(28-26(32)27(3,4)5)17-24(23)36(33,34)29-19(2)20-11-8-7-9-12-20/h7-9,11-12,14-15,17,19,21,29H,6,10,13,16,18H2,1-5H3,(H,28,32)/t19-,21+/m0/s1. The maximum atomic E-state index is 13.7. The zero-order valence-corrected chi connectivity index (χ0v) is 22.5. The molecule has 1 aliphatic rings. The van der Waals surface area contributed by atoms with Crippen LogP contribution in [0.3, 0.4) is 0 Å². The Labute approximate surface area is 214 Å². The Morgan fingerprint density at radius 2 is 1.83 bits per heavy atom. The Bertz CT molecular complexity index is 1180. The largest absolute Gasteiger partial charge is 0.466 e. The number of nitrogens with zero attached hydrogens (tertiary/aromatic N) is 1. The normalized spacial score (nSPS) is 17.4. The fourth-order valence-corrected chi connectivity index (χ4v) is 5.62. The summed E-state index contributed by atoms with van der Waals surface area (Å²) >= 11 is 0. The van der Waals surface area contributed by atoms with Crippen molar-refractivity contribution in [2.45, 2.75) is 58.4 Å². The van der Waals surface area contributed by atoms with Crippen molar-refractivity contribution in [1.82, 2.24) is 4.72 Å². The van der Waals surface area contributed by atoms with E-state index in [1.54, 1.807) is 46.8 Å². The molecule has 0 aliphatic carbocycles. The zero-order valence-electron chi connectivity index (χ0n) is 21.7. The van der Waals surface area contributed by atoms with E-state index in [0.29, 0.717) is 37.5 Å². The molecule has 0 bridgehead atoms. The number of hydrogen-bond donors (Lipinski definition) is 2. The van der Waals surface area contributed by atoms with E-state index in [2.05, 4.69) is 10.0 Å². The molecule has 1 fully saturated rings. The van der Waals surface area contributed by atoms with Crippen LogP contribution in [0.4, 0.5) is 11.4 Å². The second-order valence-corrected chi connectivity index (χ2v) is 11.9. The van der Waals surface area contributed by atoms with Crippen molar-refractivity contribution >= 4 is 33.3 Å². The van der Waals surface area contributed by atoms with Crippen LogP contribution in [-0.2, 0) is 24.3 Å². The maximum absolute atomic E-state index is 13.7. The minimum Gasteiger partial charge on any atom is -0.466 e. The molecule has 1 aliphatic heterocycles. The molecule has 1 saturated heterocycles. The van der Waals surface area contributed by atoms with Gasteiger partial charge in [0.15, 0.2) is 0 Å². The molecule has 36 heavy (non-hydrogen) atoms. The molecule has 0 radical (unpaired) electrons. The van der Waals surface area contributed by atoms with Gasteiger partial charge in [0.25, 0.3) is 0 Å². The average Bonchev–Trinajstić information content (AvgIpc) is 2.84. The predicted molar refractivity (Wildman–Crippen MR) is 141 cm³/mol. The van der Waals surface area contributed by atoms with Crippen LogP contribution >= 0.6 is 0 Å². The SMILES string of the molecule is CCOC(=O)[C@@H]1CCCN(c2ccc(NC(=O)C(C)(C)C)cc2S(=O)(=O)N[C@@H](C)c2ccccc2)C1. The van der Waals surface area contributed by atoms with Crippen molar-refractivity contribution in [3.8, 4) is 0 Å². The van der Waals surface area contributed by atoms with Gasteiger partial charge in [-0.2, -0.15) is 0 Å². The van der Waals surface area contributed by atoms with Gasteiger partial charge in [-0.1, -0.05) is 51.1 Å². The van der Waals surface area contributed by atoms with Gasteiger partial charge >= 0.3 is 5.97 Å². The molecule has 2 aromatic carbocycles. The number of carbonyl (C=O) groups excluding carboxylic acids is 2. The van der Waals surface area contributed by atoms with E-state index in [1.165, 1.54) is 6.07 Å². The summed E-state index contributed by atoms with van der Waals surface area (Å²) < 4.78 is 35.4. The predicted octanol–water partition coefficient (Wildman–Crippen LogP) is 4.49. The molecular weight excluding hydrogens is 478 g/mol. The fourth-order valence-electron chi connectivity index (χ4n) is 4.14. The fraction of sp³-hybridized carbons (Fsp3) is 0.481. The molecule has 2 atom stereocenters. The summed E-state index contributed by atoms with van der Waals surface area (Å²) in [5.41, 5.74) is 1.08. The summed E-state index contributed by atoms with van der Waals surface area (Å²) in [7, 11) is -3.99. The van der Waals surface area contributed by atoms with Gasteiger partial charge in [0.2, 0.25) is 15.9 Å². The highest BCUT2D eigenvalue weighted by molar-refractivity contribution is 7.89. The van der Waals surface area contributed by atoms with E-state index in [-0.39, 0.29) is 22.7 Å². The maximum Gasteiger partial charge on any atom is 0.310 e. The van der Waals surface area contributed by atoms with Crippen LogP contribution in [0.5, 0.6) is 0 Å². The van der Waals surface area contributed by atoms with Crippen molar-refractivity contribution < 1.29 is 22.7 Å². The number of anilines is 2. The number of carbonyl (C=O) groups is 2. The molecule has 1 amide bonds. The van der Waals surface area contributed by atoms with Crippen LogP contribution < -0.4 is 14.9 Å². The molecular formula is C27H37N3O5S. The number of piperidine rings is 1. The molecule has 0 saturated carbocycles. The number of rotatable bonds is 8. The molecule has 3 rings (SSSR count). The first-order valence-electron chi connectivity index (χ1n) is 12.4. The molecule has 1 heterocycles. The highest BCUT2D eigenvalue weighted by Crippen LogP contribution is 2.33. The van der Waals surface area contributed by atoms with Gasteiger partial charge in [-0.25, -0.2) is 13.1 Å². The third kappa shape index (κ3) is 6.85. The van der Waals surface area contributed by atoms with Crippen molar-refractivity contribution in [1.29, 1.82) is 0 Å². The van der Waals surface area contributed by atoms with E-state index < -0.39 is 21.5 Å². The zero-order chi connectivity index (χ0) is 26.5. The highest BCUT2D eigenvalue weighted by atomic mass is 32.2. The van der Waals surface area contributed by atoms with Gasteiger partial charge in [0.05, 0.1) is 18.2 Å². The lowest BCUT2D eigenvalue weighted by Gasteiger charge is -2.34. The van der Waals surface area contributed by atoms with Gasteiger partial charge in [-0.05, 0) is 50.5 Å². The van der Waals surface area contributed by atoms with Gasteiger partial charge in [0, 0.05) is 30.2 Å². The average molecular weight is 516 g/mol. The van der Waals surface area contributed by atoms with Crippen LogP contribution in [0, 0.1) is 11.3 Å². The third-order valence-corrected chi connectivity index (χ3v) is 7.77. The number of hydrogen-bond acceptors (Lipinski definition) is 6. The molecule has 9 heteroatoms. The van der Waals surface area contributed by atoms with Crippen LogP contribution in [0.15, 0.2) is 53.4 Å². The number of nitrogens with one attached hydrogen (secondary N) is 2. The van der Waals surface area contributed by atoms with Crippen molar-refractivity contribution in [3.05, 3.63) is 54.1 Å².